The third kappa shape index (κ3) is 5.78. The van der Waals surface area contributed by atoms with Crippen molar-refractivity contribution in [2.45, 2.75) is 19.4 Å². The maximum Gasteiger partial charge on any atom is 0.308 e. The van der Waals surface area contributed by atoms with Gasteiger partial charge in [0.25, 0.3) is 0 Å². The molecular weight excluding hydrogens is 150 g/mol. The van der Waals surface area contributed by atoms with Gasteiger partial charge in [0.2, 0.25) is 0 Å². The van der Waals surface area contributed by atoms with Crippen LogP contribution in [0.5, 0.6) is 0 Å². The van der Waals surface area contributed by atoms with Crippen LogP contribution < -0.4 is 5.90 Å². The largest absolute Gasteiger partial charge is 0.466 e. The highest BCUT2D eigenvalue weighted by Crippen LogP contribution is 1.93. The molecule has 0 saturated carbocycles. The Hall–Kier alpha value is -0.650. The van der Waals surface area contributed by atoms with Crippen molar-refractivity contribution in [2.24, 2.45) is 5.90 Å². The molecule has 0 saturated heterocycles. The first-order valence-electron chi connectivity index (χ1n) is 3.36. The zero-order chi connectivity index (χ0) is 8.69. The number of hydrogen-bond donors (Lipinski definition) is 2. The number of carbonyl (C=O) groups is 1. The minimum atomic E-state index is -0.876. The molecule has 0 rings (SSSR count). The Morgan fingerprint density at radius 2 is 2.36 bits per heavy atom. The fraction of sp³-hybridized carbons (Fsp3) is 0.833. The smallest absolute Gasteiger partial charge is 0.308 e. The molecular formula is C6H13NO4. The number of ether oxygens (including phenoxy) is 1. The van der Waals surface area contributed by atoms with Crippen molar-refractivity contribution in [2.75, 3.05) is 13.2 Å². The van der Waals surface area contributed by atoms with Gasteiger partial charge in [0.15, 0.2) is 0 Å². The lowest BCUT2D eigenvalue weighted by Gasteiger charge is -2.06. The average molecular weight is 163 g/mol. The highest BCUT2D eigenvalue weighted by Gasteiger charge is 2.10. The number of rotatable bonds is 5. The third-order valence-electron chi connectivity index (χ3n) is 0.996. The van der Waals surface area contributed by atoms with E-state index in [-0.39, 0.29) is 13.0 Å². The number of nitrogens with two attached hydrogens (primary N) is 1. The van der Waals surface area contributed by atoms with E-state index < -0.39 is 12.1 Å². The Bertz CT molecular complexity index is 117. The SMILES string of the molecule is CCOC(=O)CC(O)CON. The second-order valence-corrected chi connectivity index (χ2v) is 2.00. The quantitative estimate of drug-likeness (QED) is 0.409. The van der Waals surface area contributed by atoms with Gasteiger partial charge in [0.1, 0.15) is 0 Å². The van der Waals surface area contributed by atoms with Crippen LogP contribution in [0.25, 0.3) is 0 Å². The number of esters is 1. The first-order valence-corrected chi connectivity index (χ1v) is 3.36. The monoisotopic (exact) mass is 163 g/mol. The lowest BCUT2D eigenvalue weighted by molar-refractivity contribution is -0.146. The predicted molar refractivity (Wildman–Crippen MR) is 37.4 cm³/mol. The van der Waals surface area contributed by atoms with Gasteiger partial charge in [-0.1, -0.05) is 0 Å². The predicted octanol–water partition coefficient (Wildman–Crippen LogP) is -0.809. The van der Waals surface area contributed by atoms with Gasteiger partial charge in [-0.05, 0) is 6.92 Å². The normalized spacial score (nSPS) is 12.6. The van der Waals surface area contributed by atoms with E-state index in [4.69, 9.17) is 5.11 Å². The van der Waals surface area contributed by atoms with Gasteiger partial charge in [-0.3, -0.25) is 4.79 Å². The Labute approximate surface area is 65.0 Å². The van der Waals surface area contributed by atoms with Crippen LogP contribution in [0.4, 0.5) is 0 Å². The highest BCUT2D eigenvalue weighted by molar-refractivity contribution is 5.69. The van der Waals surface area contributed by atoms with Crippen molar-refractivity contribution >= 4 is 5.97 Å². The first-order chi connectivity index (χ1) is 5.20. The van der Waals surface area contributed by atoms with Crippen LogP contribution in [-0.4, -0.2) is 30.4 Å². The number of carbonyl (C=O) groups excluding carboxylic acids is 1. The summed E-state index contributed by atoms with van der Waals surface area (Å²) in [6, 6.07) is 0. The summed E-state index contributed by atoms with van der Waals surface area (Å²) in [5.41, 5.74) is 0. The van der Waals surface area contributed by atoms with Gasteiger partial charge < -0.3 is 14.7 Å². The van der Waals surface area contributed by atoms with Gasteiger partial charge in [0, 0.05) is 0 Å². The Morgan fingerprint density at radius 1 is 1.73 bits per heavy atom. The molecule has 1 atom stereocenters. The summed E-state index contributed by atoms with van der Waals surface area (Å²) in [6.07, 6.45) is -0.954. The lowest BCUT2D eigenvalue weighted by Crippen LogP contribution is -2.22. The van der Waals surface area contributed by atoms with E-state index in [2.05, 4.69) is 15.5 Å². The van der Waals surface area contributed by atoms with Gasteiger partial charge in [-0.15, -0.1) is 0 Å². The zero-order valence-corrected chi connectivity index (χ0v) is 6.45. The van der Waals surface area contributed by atoms with E-state index in [9.17, 15) is 4.79 Å². The molecule has 0 aliphatic rings. The standard InChI is InChI=1S/C6H13NO4/c1-2-10-6(9)3-5(8)4-11-7/h5,8H,2-4,7H2,1H3. The molecule has 1 unspecified atom stereocenters. The van der Waals surface area contributed by atoms with Crippen LogP contribution in [0.1, 0.15) is 13.3 Å². The molecule has 0 aromatic heterocycles. The molecule has 0 aromatic carbocycles. The van der Waals surface area contributed by atoms with E-state index in [1.807, 2.05) is 0 Å². The van der Waals surface area contributed by atoms with Crippen molar-refractivity contribution < 1.29 is 19.5 Å². The van der Waals surface area contributed by atoms with Gasteiger partial charge in [-0.2, -0.15) is 0 Å². The summed E-state index contributed by atoms with van der Waals surface area (Å²) in [6.45, 7) is 1.96. The Balaban J connectivity index is 3.40. The van der Waals surface area contributed by atoms with Crippen LogP contribution >= 0.6 is 0 Å². The summed E-state index contributed by atoms with van der Waals surface area (Å²) in [5, 5.41) is 8.94. The molecule has 66 valence electrons. The summed E-state index contributed by atoms with van der Waals surface area (Å²) in [7, 11) is 0. The first kappa shape index (κ1) is 10.3. The van der Waals surface area contributed by atoms with Crippen LogP contribution in [0, 0.1) is 0 Å². The molecule has 0 radical (unpaired) electrons. The van der Waals surface area contributed by atoms with Gasteiger partial charge in [0.05, 0.1) is 25.7 Å². The van der Waals surface area contributed by atoms with Crippen molar-refractivity contribution in [3.8, 4) is 0 Å². The van der Waals surface area contributed by atoms with Crippen LogP contribution in [0.15, 0.2) is 0 Å². The summed E-state index contributed by atoms with van der Waals surface area (Å²) < 4.78 is 4.56. The second-order valence-electron chi connectivity index (χ2n) is 2.00. The molecule has 0 spiro atoms. The molecule has 0 bridgehead atoms. The average Bonchev–Trinajstić information content (AvgIpc) is 1.87. The van der Waals surface area contributed by atoms with E-state index in [0.29, 0.717) is 6.61 Å². The summed E-state index contributed by atoms with van der Waals surface area (Å²) in [4.78, 5) is 14.8. The zero-order valence-electron chi connectivity index (χ0n) is 6.45. The number of aliphatic hydroxyl groups is 1. The van der Waals surface area contributed by atoms with E-state index >= 15 is 0 Å². The molecule has 0 aliphatic carbocycles. The molecule has 0 amide bonds. The molecule has 0 aliphatic heterocycles. The highest BCUT2D eigenvalue weighted by atomic mass is 16.6. The molecule has 0 aromatic rings. The minimum absolute atomic E-state index is 0.0567. The van der Waals surface area contributed by atoms with Crippen LogP contribution in [0.2, 0.25) is 0 Å². The fourth-order valence-electron chi connectivity index (χ4n) is 0.582. The van der Waals surface area contributed by atoms with Crippen molar-refractivity contribution in [1.82, 2.24) is 0 Å². The van der Waals surface area contributed by atoms with E-state index in [1.165, 1.54) is 0 Å². The summed E-state index contributed by atoms with van der Waals surface area (Å²) in [5.74, 6) is 4.22. The van der Waals surface area contributed by atoms with Gasteiger partial charge >= 0.3 is 5.97 Å². The van der Waals surface area contributed by atoms with Crippen molar-refractivity contribution in [1.29, 1.82) is 0 Å². The molecule has 5 heteroatoms. The van der Waals surface area contributed by atoms with E-state index in [0.717, 1.165) is 0 Å². The Morgan fingerprint density at radius 3 is 2.82 bits per heavy atom. The fourth-order valence-corrected chi connectivity index (χ4v) is 0.582. The number of hydrogen-bond acceptors (Lipinski definition) is 5. The topological polar surface area (TPSA) is 81.8 Å². The Kier molecular flexibility index (Phi) is 5.73. The molecule has 5 nitrogen and oxygen atoms in total. The summed E-state index contributed by atoms with van der Waals surface area (Å²) >= 11 is 0. The lowest BCUT2D eigenvalue weighted by atomic mass is 10.3. The minimum Gasteiger partial charge on any atom is -0.466 e. The molecule has 0 fully saturated rings. The van der Waals surface area contributed by atoms with Crippen molar-refractivity contribution in [3.63, 3.8) is 0 Å². The van der Waals surface area contributed by atoms with Crippen LogP contribution in [-0.2, 0) is 14.4 Å². The molecule has 11 heavy (non-hydrogen) atoms. The van der Waals surface area contributed by atoms with Crippen LogP contribution in [0.3, 0.4) is 0 Å². The maximum atomic E-state index is 10.6. The maximum absolute atomic E-state index is 10.6. The van der Waals surface area contributed by atoms with Gasteiger partial charge in [-0.25, -0.2) is 5.90 Å². The molecule has 3 N–H and O–H groups in total. The van der Waals surface area contributed by atoms with Crippen molar-refractivity contribution in [3.05, 3.63) is 0 Å². The molecule has 0 heterocycles. The second kappa shape index (κ2) is 6.09. The number of aliphatic hydroxyl groups excluding tert-OH is 1. The van der Waals surface area contributed by atoms with E-state index in [1.54, 1.807) is 6.92 Å². The third-order valence-corrected chi connectivity index (χ3v) is 0.996.